The van der Waals surface area contributed by atoms with Gasteiger partial charge in [-0.15, -0.1) is 11.3 Å². The Morgan fingerprint density at radius 3 is 2.81 bits per heavy atom. The Hall–Kier alpha value is -2.73. The number of anilines is 2. The molecule has 1 atom stereocenters. The number of nitrogens with one attached hydrogen (secondary N) is 1. The van der Waals surface area contributed by atoms with E-state index >= 15 is 0 Å². The predicted octanol–water partition coefficient (Wildman–Crippen LogP) is 4.80. The lowest BCUT2D eigenvalue weighted by Gasteiger charge is -2.31. The molecular formula is C21H20FN3OS. The van der Waals surface area contributed by atoms with Crippen LogP contribution in [0.4, 0.5) is 15.2 Å². The Morgan fingerprint density at radius 2 is 2.04 bits per heavy atom. The van der Waals surface area contributed by atoms with Gasteiger partial charge in [-0.2, -0.15) is 0 Å². The molecule has 6 heteroatoms. The number of halogens is 1. The van der Waals surface area contributed by atoms with Crippen molar-refractivity contribution in [3.8, 4) is 11.1 Å². The molecule has 1 saturated heterocycles. The van der Waals surface area contributed by atoms with E-state index in [1.807, 2.05) is 29.6 Å². The van der Waals surface area contributed by atoms with E-state index in [0.717, 1.165) is 41.3 Å². The summed E-state index contributed by atoms with van der Waals surface area (Å²) < 4.78 is 13.1. The quantitative estimate of drug-likeness (QED) is 0.706. The van der Waals surface area contributed by atoms with Crippen LogP contribution in [0, 0.1) is 11.7 Å². The Bertz CT molecular complexity index is 911. The van der Waals surface area contributed by atoms with E-state index < -0.39 is 0 Å². The van der Waals surface area contributed by atoms with E-state index in [9.17, 15) is 9.18 Å². The van der Waals surface area contributed by atoms with Crippen molar-refractivity contribution < 1.29 is 9.18 Å². The van der Waals surface area contributed by atoms with Gasteiger partial charge in [0.2, 0.25) is 5.91 Å². The van der Waals surface area contributed by atoms with Gasteiger partial charge in [0.25, 0.3) is 0 Å². The van der Waals surface area contributed by atoms with Crippen LogP contribution in [-0.4, -0.2) is 24.0 Å². The third-order valence-corrected chi connectivity index (χ3v) is 5.62. The minimum atomic E-state index is -0.259. The van der Waals surface area contributed by atoms with Crippen LogP contribution in [-0.2, 0) is 4.79 Å². The Kier molecular flexibility index (Phi) is 5.16. The normalized spacial score (nSPS) is 16.9. The molecule has 1 aromatic heterocycles. The number of benzene rings is 2. The summed E-state index contributed by atoms with van der Waals surface area (Å²) in [5, 5.41) is 5.98. The van der Waals surface area contributed by atoms with Gasteiger partial charge in [0.15, 0.2) is 5.13 Å². The summed E-state index contributed by atoms with van der Waals surface area (Å²) in [5.41, 5.74) is 2.62. The van der Waals surface area contributed by atoms with Crippen molar-refractivity contribution in [1.29, 1.82) is 0 Å². The van der Waals surface area contributed by atoms with Gasteiger partial charge in [-0.1, -0.05) is 24.3 Å². The molecule has 1 amide bonds. The van der Waals surface area contributed by atoms with Gasteiger partial charge in [-0.25, -0.2) is 9.37 Å². The van der Waals surface area contributed by atoms with Crippen molar-refractivity contribution in [2.24, 2.45) is 5.92 Å². The van der Waals surface area contributed by atoms with Crippen LogP contribution in [0.5, 0.6) is 0 Å². The summed E-state index contributed by atoms with van der Waals surface area (Å²) >= 11 is 1.60. The van der Waals surface area contributed by atoms with Gasteiger partial charge in [-0.3, -0.25) is 4.79 Å². The van der Waals surface area contributed by atoms with Gasteiger partial charge in [0.1, 0.15) is 5.82 Å². The van der Waals surface area contributed by atoms with Crippen molar-refractivity contribution in [3.63, 3.8) is 0 Å². The fourth-order valence-electron chi connectivity index (χ4n) is 3.40. The number of aromatic nitrogens is 1. The van der Waals surface area contributed by atoms with Crippen LogP contribution in [0.1, 0.15) is 12.8 Å². The summed E-state index contributed by atoms with van der Waals surface area (Å²) in [6.45, 7) is 1.63. The number of thiazole rings is 1. The van der Waals surface area contributed by atoms with E-state index in [4.69, 9.17) is 0 Å². The number of amides is 1. The van der Waals surface area contributed by atoms with Crippen molar-refractivity contribution in [2.45, 2.75) is 12.8 Å². The van der Waals surface area contributed by atoms with E-state index in [1.54, 1.807) is 29.7 Å². The lowest BCUT2D eigenvalue weighted by Crippen LogP contribution is -2.40. The molecule has 0 bridgehead atoms. The standard InChI is InChI=1S/C21H20FN3OS/c22-18-8-6-15(7-9-18)16-3-1-5-19(13-16)24-20(26)17-4-2-11-25(14-17)21-23-10-12-27-21/h1,3,5-10,12-13,17H,2,4,11,14H2,(H,24,26)/t17-/m1/s1. The third kappa shape index (κ3) is 4.17. The molecule has 1 aliphatic rings. The van der Waals surface area contributed by atoms with Crippen LogP contribution in [0.25, 0.3) is 11.1 Å². The fraction of sp³-hybridized carbons (Fsp3) is 0.238. The summed E-state index contributed by atoms with van der Waals surface area (Å²) in [5.74, 6) is -0.282. The molecule has 4 rings (SSSR count). The monoisotopic (exact) mass is 381 g/mol. The average Bonchev–Trinajstić information content (AvgIpc) is 3.24. The zero-order valence-electron chi connectivity index (χ0n) is 14.8. The smallest absolute Gasteiger partial charge is 0.229 e. The Labute approximate surface area is 161 Å². The first kappa shape index (κ1) is 17.7. The number of carbonyl (C=O) groups excluding carboxylic acids is 1. The first-order chi connectivity index (χ1) is 13.2. The first-order valence-electron chi connectivity index (χ1n) is 9.00. The maximum absolute atomic E-state index is 13.1. The summed E-state index contributed by atoms with van der Waals surface area (Å²) in [7, 11) is 0. The lowest BCUT2D eigenvalue weighted by molar-refractivity contribution is -0.120. The van der Waals surface area contributed by atoms with E-state index in [1.165, 1.54) is 12.1 Å². The highest BCUT2D eigenvalue weighted by Gasteiger charge is 2.27. The van der Waals surface area contributed by atoms with Crippen LogP contribution in [0.2, 0.25) is 0 Å². The SMILES string of the molecule is O=C(Nc1cccc(-c2ccc(F)cc2)c1)[C@@H]1CCCN(c2nccs2)C1. The second-order valence-electron chi connectivity index (χ2n) is 6.68. The molecule has 1 N–H and O–H groups in total. The van der Waals surface area contributed by atoms with Gasteiger partial charge in [-0.05, 0) is 48.2 Å². The number of hydrogen-bond donors (Lipinski definition) is 1. The second-order valence-corrected chi connectivity index (χ2v) is 7.55. The van der Waals surface area contributed by atoms with Crippen LogP contribution >= 0.6 is 11.3 Å². The molecule has 2 heterocycles. The highest BCUT2D eigenvalue weighted by molar-refractivity contribution is 7.13. The van der Waals surface area contributed by atoms with E-state index in [2.05, 4.69) is 15.2 Å². The Balaban J connectivity index is 1.45. The molecule has 138 valence electrons. The van der Waals surface area contributed by atoms with Crippen molar-refractivity contribution in [1.82, 2.24) is 4.98 Å². The molecule has 0 aliphatic carbocycles. The molecule has 1 fully saturated rings. The maximum Gasteiger partial charge on any atom is 0.229 e. The van der Waals surface area contributed by atoms with E-state index in [0.29, 0.717) is 6.54 Å². The van der Waals surface area contributed by atoms with Crippen molar-refractivity contribution >= 4 is 28.1 Å². The highest BCUT2D eigenvalue weighted by atomic mass is 32.1. The topological polar surface area (TPSA) is 45.2 Å². The van der Waals surface area contributed by atoms with Gasteiger partial charge < -0.3 is 10.2 Å². The molecular weight excluding hydrogens is 361 g/mol. The number of hydrogen-bond acceptors (Lipinski definition) is 4. The molecule has 2 aromatic carbocycles. The van der Waals surface area contributed by atoms with Gasteiger partial charge in [0, 0.05) is 30.4 Å². The van der Waals surface area contributed by atoms with Crippen molar-refractivity contribution in [3.05, 3.63) is 65.9 Å². The zero-order chi connectivity index (χ0) is 18.6. The number of rotatable bonds is 4. The highest BCUT2D eigenvalue weighted by Crippen LogP contribution is 2.27. The molecule has 1 aliphatic heterocycles. The van der Waals surface area contributed by atoms with Crippen LogP contribution in [0.15, 0.2) is 60.1 Å². The largest absolute Gasteiger partial charge is 0.347 e. The predicted molar refractivity (Wildman–Crippen MR) is 108 cm³/mol. The third-order valence-electron chi connectivity index (χ3n) is 4.79. The lowest BCUT2D eigenvalue weighted by atomic mass is 9.97. The number of piperidine rings is 1. The summed E-state index contributed by atoms with van der Waals surface area (Å²) in [6.07, 6.45) is 3.66. The first-order valence-corrected chi connectivity index (χ1v) is 9.88. The van der Waals surface area contributed by atoms with Gasteiger partial charge in [0.05, 0.1) is 5.92 Å². The minimum Gasteiger partial charge on any atom is -0.347 e. The molecule has 4 nitrogen and oxygen atoms in total. The molecule has 3 aromatic rings. The Morgan fingerprint density at radius 1 is 1.19 bits per heavy atom. The molecule has 27 heavy (non-hydrogen) atoms. The summed E-state index contributed by atoms with van der Waals surface area (Å²) in [6, 6.07) is 14.0. The van der Waals surface area contributed by atoms with Crippen LogP contribution < -0.4 is 10.2 Å². The van der Waals surface area contributed by atoms with E-state index in [-0.39, 0.29) is 17.6 Å². The molecule has 0 unspecified atom stereocenters. The molecule has 0 radical (unpaired) electrons. The summed E-state index contributed by atoms with van der Waals surface area (Å²) in [4.78, 5) is 19.3. The number of nitrogens with zero attached hydrogens (tertiary/aromatic N) is 2. The average molecular weight is 381 g/mol. The second kappa shape index (κ2) is 7.88. The zero-order valence-corrected chi connectivity index (χ0v) is 15.6. The minimum absolute atomic E-state index is 0.0347. The fourth-order valence-corrected chi connectivity index (χ4v) is 4.08. The van der Waals surface area contributed by atoms with Gasteiger partial charge >= 0.3 is 0 Å². The van der Waals surface area contributed by atoms with Crippen molar-refractivity contribution in [2.75, 3.05) is 23.3 Å². The molecule has 0 spiro atoms. The van der Waals surface area contributed by atoms with Crippen LogP contribution in [0.3, 0.4) is 0 Å². The maximum atomic E-state index is 13.1. The number of carbonyl (C=O) groups is 1. The molecule has 0 saturated carbocycles.